The molecule has 0 spiro atoms. The summed E-state index contributed by atoms with van der Waals surface area (Å²) in [5.74, 6) is 3.54. The van der Waals surface area contributed by atoms with Crippen molar-refractivity contribution in [3.8, 4) is 22.8 Å². The van der Waals surface area contributed by atoms with Crippen LogP contribution in [0, 0.1) is 11.8 Å². The number of anilines is 1. The van der Waals surface area contributed by atoms with Crippen molar-refractivity contribution in [2.24, 2.45) is 11.8 Å². The van der Waals surface area contributed by atoms with E-state index < -0.39 is 0 Å². The van der Waals surface area contributed by atoms with Crippen LogP contribution in [0.25, 0.3) is 22.3 Å². The Labute approximate surface area is 210 Å². The molecule has 3 atom stereocenters. The molecule has 3 fully saturated rings. The first kappa shape index (κ1) is 21.8. The van der Waals surface area contributed by atoms with Gasteiger partial charge in [0.1, 0.15) is 29.3 Å². The first-order chi connectivity index (χ1) is 17.6. The Balaban J connectivity index is 1.15. The number of hydrogen-bond acceptors (Lipinski definition) is 7. The molecule has 2 saturated heterocycles. The Morgan fingerprint density at radius 1 is 0.833 bits per heavy atom. The van der Waals surface area contributed by atoms with E-state index in [-0.39, 0.29) is 0 Å². The molecule has 3 aliphatic rings. The van der Waals surface area contributed by atoms with Crippen molar-refractivity contribution in [1.82, 2.24) is 29.5 Å². The van der Waals surface area contributed by atoms with E-state index in [1.54, 1.807) is 6.33 Å². The Kier molecular flexibility index (Phi) is 5.18. The Bertz CT molecular complexity index is 1370. The third-order valence-electron chi connectivity index (χ3n) is 8.29. The highest BCUT2D eigenvalue weighted by Crippen LogP contribution is 2.46. The zero-order valence-electron chi connectivity index (χ0n) is 20.5. The van der Waals surface area contributed by atoms with Crippen LogP contribution in [-0.2, 0) is 0 Å². The molecule has 0 bridgehead atoms. The van der Waals surface area contributed by atoms with Crippen molar-refractivity contribution in [1.29, 1.82) is 0 Å². The van der Waals surface area contributed by atoms with Gasteiger partial charge in [0, 0.05) is 37.8 Å². The van der Waals surface area contributed by atoms with Gasteiger partial charge in [-0.15, -0.1) is 0 Å². The van der Waals surface area contributed by atoms with E-state index in [4.69, 9.17) is 15.6 Å². The molecule has 1 saturated carbocycles. The van der Waals surface area contributed by atoms with Crippen molar-refractivity contribution >= 4 is 16.9 Å². The summed E-state index contributed by atoms with van der Waals surface area (Å²) in [7, 11) is 2.21. The van der Waals surface area contributed by atoms with Gasteiger partial charge >= 0.3 is 0 Å². The Morgan fingerprint density at radius 2 is 1.53 bits per heavy atom. The molecule has 2 aromatic heterocycles. The van der Waals surface area contributed by atoms with Crippen molar-refractivity contribution in [3.05, 3.63) is 60.9 Å². The number of hydrogen-bond donors (Lipinski definition) is 1. The molecule has 2 N–H and O–H groups in total. The lowest BCUT2D eigenvalue weighted by molar-refractivity contribution is 0.0625. The summed E-state index contributed by atoms with van der Waals surface area (Å²) in [6.07, 6.45) is 3.85. The molecule has 2 aliphatic heterocycles. The number of ether oxygens (including phenoxy) is 1. The molecule has 7 rings (SSSR count). The quantitative estimate of drug-likeness (QED) is 0.460. The van der Waals surface area contributed by atoms with Crippen LogP contribution < -0.4 is 10.5 Å². The highest BCUT2D eigenvalue weighted by Gasteiger charge is 2.45. The summed E-state index contributed by atoms with van der Waals surface area (Å²) in [5.41, 5.74) is 9.04. The Hall–Kier alpha value is -3.49. The summed E-state index contributed by atoms with van der Waals surface area (Å²) in [4.78, 5) is 14.1. The highest BCUT2D eigenvalue weighted by molar-refractivity contribution is 5.98. The topological polar surface area (TPSA) is 85.3 Å². The molecule has 0 radical (unpaired) electrons. The molecule has 8 nitrogen and oxygen atoms in total. The third kappa shape index (κ3) is 3.72. The third-order valence-corrected chi connectivity index (χ3v) is 8.29. The van der Waals surface area contributed by atoms with E-state index in [1.165, 1.54) is 26.2 Å². The maximum atomic E-state index is 6.38. The van der Waals surface area contributed by atoms with Gasteiger partial charge in [-0.3, -0.25) is 4.90 Å². The molecule has 1 unspecified atom stereocenters. The lowest BCUT2D eigenvalue weighted by Gasteiger charge is -2.42. The van der Waals surface area contributed by atoms with Crippen LogP contribution in [0.15, 0.2) is 60.9 Å². The molecular formula is C28H31N7O. The number of benzene rings is 2. The van der Waals surface area contributed by atoms with Crippen molar-refractivity contribution in [2.75, 3.05) is 39.0 Å². The zero-order valence-corrected chi connectivity index (χ0v) is 20.5. The van der Waals surface area contributed by atoms with Gasteiger partial charge in [0.2, 0.25) is 0 Å². The van der Waals surface area contributed by atoms with E-state index in [9.17, 15) is 0 Å². The van der Waals surface area contributed by atoms with Gasteiger partial charge < -0.3 is 15.4 Å². The molecular weight excluding hydrogens is 450 g/mol. The summed E-state index contributed by atoms with van der Waals surface area (Å²) >= 11 is 0. The number of likely N-dealkylation sites (tertiary alicyclic amines) is 2. The van der Waals surface area contributed by atoms with E-state index in [2.05, 4.69) is 31.5 Å². The number of aromatic nitrogens is 4. The van der Waals surface area contributed by atoms with Crippen LogP contribution in [-0.4, -0.2) is 68.8 Å². The smallest absolute Gasteiger partial charge is 0.164 e. The van der Waals surface area contributed by atoms with Crippen LogP contribution in [0.4, 0.5) is 5.82 Å². The summed E-state index contributed by atoms with van der Waals surface area (Å²) < 4.78 is 8.11. The largest absolute Gasteiger partial charge is 0.457 e. The standard InChI is InChI=1S/C28H31N7O/c1-33-15-22(16-33)34-13-19-11-21(12-20(19)14-34)35-28-25(27(29)30-17-31-28)26(32-35)18-7-9-24(10-8-18)36-23-5-3-2-4-6-23/h2-10,17,19-22H,11-16H2,1H3,(H2,29,30,31)/t19-,20+,21?. The molecule has 1 aliphatic carbocycles. The van der Waals surface area contributed by atoms with Crippen LogP contribution >= 0.6 is 0 Å². The van der Waals surface area contributed by atoms with Crippen molar-refractivity contribution < 1.29 is 4.74 Å². The van der Waals surface area contributed by atoms with Gasteiger partial charge in [-0.05, 0) is 68.1 Å². The van der Waals surface area contributed by atoms with E-state index in [1.807, 2.05) is 54.6 Å². The second-order valence-electron chi connectivity index (χ2n) is 10.7. The molecule has 2 aromatic carbocycles. The van der Waals surface area contributed by atoms with Crippen molar-refractivity contribution in [2.45, 2.75) is 24.9 Å². The number of nitrogen functional groups attached to an aromatic ring is 1. The molecule has 36 heavy (non-hydrogen) atoms. The SMILES string of the molecule is CN1CC(N2C[C@H]3CC(n4nc(-c5ccc(Oc6ccccc6)cc5)c5c(N)ncnc54)C[C@H]3C2)C1. The van der Waals surface area contributed by atoms with Gasteiger partial charge in [-0.25, -0.2) is 14.6 Å². The number of rotatable bonds is 5. The number of nitrogens with zero attached hydrogens (tertiary/aromatic N) is 6. The molecule has 8 heteroatoms. The number of fused-ring (bicyclic) bond motifs is 2. The first-order valence-corrected chi connectivity index (χ1v) is 12.9. The molecule has 184 valence electrons. The maximum absolute atomic E-state index is 6.38. The molecule has 4 heterocycles. The Morgan fingerprint density at radius 3 is 2.22 bits per heavy atom. The fourth-order valence-corrected chi connectivity index (χ4v) is 6.46. The lowest BCUT2D eigenvalue weighted by atomic mass is 10.0. The lowest BCUT2D eigenvalue weighted by Crippen LogP contribution is -2.57. The van der Waals surface area contributed by atoms with Gasteiger partial charge in [0.05, 0.1) is 11.4 Å². The molecule has 0 amide bonds. The molecule has 4 aromatic rings. The van der Waals surface area contributed by atoms with Crippen molar-refractivity contribution in [3.63, 3.8) is 0 Å². The monoisotopic (exact) mass is 481 g/mol. The number of nitrogens with two attached hydrogens (primary N) is 1. The maximum Gasteiger partial charge on any atom is 0.164 e. The summed E-state index contributed by atoms with van der Waals surface area (Å²) in [6.45, 7) is 4.85. The fourth-order valence-electron chi connectivity index (χ4n) is 6.46. The van der Waals surface area contributed by atoms with Gasteiger partial charge in [-0.1, -0.05) is 18.2 Å². The predicted octanol–water partition coefficient (Wildman–Crippen LogP) is 4.06. The number of likely N-dealkylation sites (N-methyl/N-ethyl adjacent to an activating group) is 1. The minimum absolute atomic E-state index is 0.345. The van der Waals surface area contributed by atoms with E-state index in [0.29, 0.717) is 11.9 Å². The van der Waals surface area contributed by atoms with E-state index in [0.717, 1.165) is 64.5 Å². The minimum Gasteiger partial charge on any atom is -0.457 e. The second-order valence-corrected chi connectivity index (χ2v) is 10.7. The fraction of sp³-hybridized carbons (Fsp3) is 0.393. The van der Waals surface area contributed by atoms with Crippen LogP contribution in [0.3, 0.4) is 0 Å². The van der Waals surface area contributed by atoms with E-state index >= 15 is 0 Å². The average molecular weight is 482 g/mol. The predicted molar refractivity (Wildman–Crippen MR) is 140 cm³/mol. The van der Waals surface area contributed by atoms with Gasteiger partial charge in [0.15, 0.2) is 5.65 Å². The highest BCUT2D eigenvalue weighted by atomic mass is 16.5. The number of para-hydroxylation sites is 1. The first-order valence-electron chi connectivity index (χ1n) is 12.9. The average Bonchev–Trinajstić information content (AvgIpc) is 3.55. The zero-order chi connectivity index (χ0) is 24.2. The normalized spacial score (nSPS) is 24.8. The van der Waals surface area contributed by atoms with Crippen LogP contribution in [0.1, 0.15) is 18.9 Å². The van der Waals surface area contributed by atoms with Crippen LogP contribution in [0.5, 0.6) is 11.5 Å². The van der Waals surface area contributed by atoms with Crippen LogP contribution in [0.2, 0.25) is 0 Å². The van der Waals surface area contributed by atoms with Gasteiger partial charge in [0.25, 0.3) is 0 Å². The minimum atomic E-state index is 0.345. The summed E-state index contributed by atoms with van der Waals surface area (Å²) in [6, 6.07) is 18.9. The summed E-state index contributed by atoms with van der Waals surface area (Å²) in [5, 5.41) is 5.95. The second kappa shape index (κ2) is 8.57. The van der Waals surface area contributed by atoms with Gasteiger partial charge in [-0.2, -0.15) is 5.10 Å².